The molecule has 0 atom stereocenters. The minimum absolute atomic E-state index is 0. The molecule has 8 rings (SSSR count). The number of carbonyl (C=O) groups excluding carboxylic acids is 2. The van der Waals surface area contributed by atoms with Gasteiger partial charge >= 0.3 is 18.3 Å². The summed E-state index contributed by atoms with van der Waals surface area (Å²) in [5, 5.41) is 6.23. The topological polar surface area (TPSA) is 89.1 Å². The van der Waals surface area contributed by atoms with E-state index in [1.165, 1.54) is 11.6 Å². The molecule has 0 bridgehead atoms. The van der Waals surface area contributed by atoms with E-state index in [0.717, 1.165) is 41.2 Å². The molecule has 2 aromatic heterocycles. The van der Waals surface area contributed by atoms with Crippen LogP contribution in [-0.4, -0.2) is 44.7 Å². The fourth-order valence-electron chi connectivity index (χ4n) is 7.23. The third-order valence-electron chi connectivity index (χ3n) is 10.1. The number of thiophene rings is 2. The van der Waals surface area contributed by atoms with Gasteiger partial charge in [-0.15, -0.1) is 35.1 Å². The van der Waals surface area contributed by atoms with Crippen LogP contribution in [0.5, 0.6) is 11.5 Å². The molecular formula is C47H44ClF6N3O5S2. The van der Waals surface area contributed by atoms with Crippen LogP contribution in [0, 0.1) is 0 Å². The second-order valence-electron chi connectivity index (χ2n) is 14.5. The zero-order chi connectivity index (χ0) is 44.6. The van der Waals surface area contributed by atoms with E-state index in [0.29, 0.717) is 69.8 Å². The predicted octanol–water partition coefficient (Wildman–Crippen LogP) is 11.8. The summed E-state index contributed by atoms with van der Waals surface area (Å²) < 4.78 is 97.6. The molecule has 0 aliphatic carbocycles. The third-order valence-corrected chi connectivity index (χ3v) is 12.4. The molecular weight excluding hydrogens is 900 g/mol. The zero-order valence-corrected chi connectivity index (χ0v) is 36.9. The number of nitrogens with zero attached hydrogens (tertiary/aromatic N) is 1. The molecule has 64 heavy (non-hydrogen) atoms. The van der Waals surface area contributed by atoms with E-state index in [2.05, 4.69) is 10.6 Å². The van der Waals surface area contributed by atoms with Crippen molar-refractivity contribution in [2.75, 3.05) is 43.0 Å². The molecule has 17 heteroatoms. The van der Waals surface area contributed by atoms with Crippen LogP contribution in [-0.2, 0) is 52.7 Å². The van der Waals surface area contributed by atoms with Gasteiger partial charge < -0.3 is 29.7 Å². The van der Waals surface area contributed by atoms with Crippen molar-refractivity contribution in [1.82, 2.24) is 5.32 Å². The van der Waals surface area contributed by atoms with Crippen LogP contribution in [0.15, 0.2) is 109 Å². The first-order chi connectivity index (χ1) is 30.3. The van der Waals surface area contributed by atoms with Gasteiger partial charge in [0.1, 0.15) is 34.5 Å². The molecule has 4 aromatic carbocycles. The fraction of sp³-hybridized carbons (Fsp3) is 0.277. The van der Waals surface area contributed by atoms with Gasteiger partial charge in [0.2, 0.25) is 5.91 Å². The number of halogens is 7. The highest BCUT2D eigenvalue weighted by Gasteiger charge is 2.37. The lowest BCUT2D eigenvalue weighted by Crippen LogP contribution is -2.37. The molecule has 0 unspecified atom stereocenters. The average molecular weight is 944 g/mol. The molecule has 8 nitrogen and oxygen atoms in total. The van der Waals surface area contributed by atoms with Crippen molar-refractivity contribution in [3.05, 3.63) is 140 Å². The SMILES string of the molecule is CCOC(=O)CCNCC(=O)N1CCc2cc(OCc3cc(-c4ccccc4)c(C(F)(F)F)s3)ccc21.Cl.FC(F)(F)c1sc(COc2ccc3c(c2)CCN3)cc1-c1ccccc1. The van der Waals surface area contributed by atoms with Gasteiger partial charge in [-0.05, 0) is 90.6 Å². The normalized spacial score (nSPS) is 12.9. The van der Waals surface area contributed by atoms with Crippen LogP contribution in [0.1, 0.15) is 44.0 Å². The van der Waals surface area contributed by atoms with E-state index in [4.69, 9.17) is 14.2 Å². The summed E-state index contributed by atoms with van der Waals surface area (Å²) in [6, 6.07) is 31.3. The van der Waals surface area contributed by atoms with E-state index in [1.54, 1.807) is 90.7 Å². The van der Waals surface area contributed by atoms with Gasteiger partial charge in [-0.1, -0.05) is 60.7 Å². The minimum atomic E-state index is -4.45. The van der Waals surface area contributed by atoms with Gasteiger partial charge in [-0.2, -0.15) is 26.3 Å². The maximum atomic E-state index is 13.6. The standard InChI is InChI=1S/C27H27F3N2O4S.C20H16F3NOS.ClH/c1-2-35-25(34)10-12-31-16-24(33)32-13-11-19-14-20(8-9-23(19)32)36-17-21-15-22(18-6-4-3-5-7-18)26(37-21)27(28,29)30;21-20(22,23)19-17(13-4-2-1-3-5-13)11-16(26-19)12-25-15-6-7-18-14(10-15)8-9-24-18;/h3-9,14-15,31H,2,10-13,16-17H2,1H3;1-7,10-11,24H,8-9,12H2;1H. The number of nitrogens with one attached hydrogen (secondary N) is 2. The smallest absolute Gasteiger partial charge is 0.426 e. The minimum Gasteiger partial charge on any atom is -0.488 e. The average Bonchev–Trinajstić information content (AvgIpc) is 4.10. The summed E-state index contributed by atoms with van der Waals surface area (Å²) in [4.78, 5) is 25.5. The highest BCUT2D eigenvalue weighted by Crippen LogP contribution is 2.44. The number of benzene rings is 4. The molecule has 0 spiro atoms. The van der Waals surface area contributed by atoms with E-state index in [9.17, 15) is 35.9 Å². The van der Waals surface area contributed by atoms with Crippen LogP contribution in [0.2, 0.25) is 0 Å². The van der Waals surface area contributed by atoms with Gasteiger partial charge in [-0.3, -0.25) is 9.59 Å². The van der Waals surface area contributed by atoms with Crippen molar-refractivity contribution >= 4 is 58.3 Å². The summed E-state index contributed by atoms with van der Waals surface area (Å²) in [6.45, 7) is 4.06. The molecule has 0 saturated carbocycles. The summed E-state index contributed by atoms with van der Waals surface area (Å²) in [5.74, 6) is 0.789. The summed E-state index contributed by atoms with van der Waals surface area (Å²) >= 11 is 1.43. The molecule has 338 valence electrons. The Kier molecular flexibility index (Phi) is 16.0. The summed E-state index contributed by atoms with van der Waals surface area (Å²) in [5.41, 5.74) is 5.42. The maximum Gasteiger partial charge on any atom is 0.426 e. The molecule has 0 saturated heterocycles. The van der Waals surface area contributed by atoms with E-state index >= 15 is 0 Å². The molecule has 1 amide bonds. The quantitative estimate of drug-likeness (QED) is 0.0639. The number of carbonyl (C=O) groups is 2. The van der Waals surface area contributed by atoms with Gasteiger partial charge in [0, 0.05) is 51.9 Å². The monoisotopic (exact) mass is 943 g/mol. The Morgan fingerprint density at radius 3 is 1.81 bits per heavy atom. The van der Waals surface area contributed by atoms with Gasteiger partial charge in [0.05, 0.1) is 19.6 Å². The van der Waals surface area contributed by atoms with Crippen LogP contribution in [0.3, 0.4) is 0 Å². The second-order valence-corrected chi connectivity index (χ2v) is 16.8. The van der Waals surface area contributed by atoms with Crippen LogP contribution >= 0.6 is 35.1 Å². The lowest BCUT2D eigenvalue weighted by Gasteiger charge is -2.18. The number of alkyl halides is 6. The number of esters is 1. The van der Waals surface area contributed by atoms with Crippen molar-refractivity contribution in [2.45, 2.75) is 51.8 Å². The largest absolute Gasteiger partial charge is 0.488 e. The van der Waals surface area contributed by atoms with Crippen molar-refractivity contribution in [3.8, 4) is 33.8 Å². The number of ether oxygens (including phenoxy) is 3. The fourth-order valence-corrected chi connectivity index (χ4v) is 9.15. The summed E-state index contributed by atoms with van der Waals surface area (Å²) in [6.07, 6.45) is -7.06. The molecule has 2 N–H and O–H groups in total. The molecule has 6 aromatic rings. The first kappa shape index (κ1) is 47.9. The van der Waals surface area contributed by atoms with Crippen LogP contribution < -0.4 is 25.0 Å². The zero-order valence-electron chi connectivity index (χ0n) is 34.4. The Hall–Kier alpha value is -5.55. The summed E-state index contributed by atoms with van der Waals surface area (Å²) in [7, 11) is 0. The van der Waals surface area contributed by atoms with Gasteiger partial charge in [0.25, 0.3) is 0 Å². The Morgan fingerprint density at radius 1 is 0.719 bits per heavy atom. The number of hydrogen-bond donors (Lipinski definition) is 2. The Bertz CT molecular complexity index is 2510. The van der Waals surface area contributed by atoms with Crippen molar-refractivity contribution in [2.24, 2.45) is 0 Å². The second kappa shape index (κ2) is 21.4. The maximum absolute atomic E-state index is 13.6. The van der Waals surface area contributed by atoms with Crippen molar-refractivity contribution < 1.29 is 50.1 Å². The highest BCUT2D eigenvalue weighted by molar-refractivity contribution is 7.13. The lowest BCUT2D eigenvalue weighted by molar-refractivity contribution is -0.143. The highest BCUT2D eigenvalue weighted by atomic mass is 35.5. The molecule has 0 fully saturated rings. The van der Waals surface area contributed by atoms with Crippen LogP contribution in [0.4, 0.5) is 37.7 Å². The van der Waals surface area contributed by atoms with E-state index < -0.39 is 22.1 Å². The number of hydrogen-bond acceptors (Lipinski definition) is 9. The van der Waals surface area contributed by atoms with Crippen molar-refractivity contribution in [3.63, 3.8) is 0 Å². The van der Waals surface area contributed by atoms with E-state index in [1.807, 2.05) is 24.3 Å². The Labute approximate surface area is 380 Å². The van der Waals surface area contributed by atoms with Crippen LogP contribution in [0.25, 0.3) is 22.3 Å². The molecule has 0 radical (unpaired) electrons. The number of anilines is 2. The Morgan fingerprint density at radius 2 is 1.27 bits per heavy atom. The number of rotatable bonds is 14. The first-order valence-electron chi connectivity index (χ1n) is 20.2. The van der Waals surface area contributed by atoms with Gasteiger partial charge in [-0.25, -0.2) is 0 Å². The lowest BCUT2D eigenvalue weighted by atomic mass is 10.1. The van der Waals surface area contributed by atoms with Crippen molar-refractivity contribution in [1.29, 1.82) is 0 Å². The molecule has 2 aliphatic heterocycles. The third kappa shape index (κ3) is 12.2. The first-order valence-corrected chi connectivity index (χ1v) is 21.8. The predicted molar refractivity (Wildman–Crippen MR) is 241 cm³/mol. The van der Waals surface area contributed by atoms with E-state index in [-0.39, 0.29) is 61.6 Å². The molecule has 4 heterocycles. The number of amides is 1. The van der Waals surface area contributed by atoms with Gasteiger partial charge in [0.15, 0.2) is 0 Å². The Balaban J connectivity index is 0.000000221. The number of fused-ring (bicyclic) bond motifs is 2. The molecule has 2 aliphatic rings.